The number of hydrogen-bond acceptors (Lipinski definition) is 7. The quantitative estimate of drug-likeness (QED) is 0.471. The number of nitrogens with one attached hydrogen (secondary N) is 2. The molecule has 0 saturated heterocycles. The molecule has 0 aromatic carbocycles. The number of rotatable bonds is 5. The van der Waals surface area contributed by atoms with Crippen molar-refractivity contribution in [2.45, 2.75) is 40.0 Å². The summed E-state index contributed by atoms with van der Waals surface area (Å²) in [4.78, 5) is 24.5. The van der Waals surface area contributed by atoms with Gasteiger partial charge in [0.1, 0.15) is 11.6 Å². The Morgan fingerprint density at radius 3 is 2.55 bits per heavy atom. The van der Waals surface area contributed by atoms with Crippen molar-refractivity contribution in [2.24, 2.45) is 14.1 Å². The number of imidazole rings is 1. The van der Waals surface area contributed by atoms with Gasteiger partial charge in [0, 0.05) is 56.0 Å². The number of carbonyl (C=O) groups excluding carboxylic acids is 1. The predicted octanol–water partition coefficient (Wildman–Crippen LogP) is 4.20. The normalized spacial score (nSPS) is 11.6. The molecule has 4 aromatic rings. The van der Waals surface area contributed by atoms with Crippen molar-refractivity contribution in [3.63, 3.8) is 0 Å². The van der Waals surface area contributed by atoms with E-state index in [2.05, 4.69) is 51.5 Å². The highest BCUT2D eigenvalue weighted by atomic mass is 16.5. The molecule has 0 aliphatic carbocycles. The van der Waals surface area contributed by atoms with E-state index in [1.54, 1.807) is 24.5 Å². The first kappa shape index (κ1) is 22.3. The Bertz CT molecular complexity index is 1350. The lowest BCUT2D eigenvalue weighted by Crippen LogP contribution is -2.16. The Morgan fingerprint density at radius 1 is 1.12 bits per heavy atom. The molecule has 172 valence electrons. The van der Waals surface area contributed by atoms with Crippen molar-refractivity contribution in [3.8, 4) is 11.5 Å². The zero-order valence-corrected chi connectivity index (χ0v) is 19.9. The molecule has 0 unspecified atom stereocenters. The van der Waals surface area contributed by atoms with Crippen LogP contribution in [0.25, 0.3) is 11.2 Å². The molecular formula is C23H28N8O2. The van der Waals surface area contributed by atoms with Gasteiger partial charge in [0.15, 0.2) is 17.2 Å². The van der Waals surface area contributed by atoms with Gasteiger partial charge in [-0.2, -0.15) is 10.1 Å². The topological polar surface area (TPSA) is 112 Å². The third kappa shape index (κ3) is 4.50. The van der Waals surface area contributed by atoms with E-state index in [4.69, 9.17) is 4.74 Å². The average Bonchev–Trinajstić information content (AvgIpc) is 3.24. The number of aryl methyl sites for hydroxylation is 3. The molecule has 10 heteroatoms. The largest absolute Gasteiger partial charge is 0.455 e. The molecule has 0 atom stereocenters. The highest BCUT2D eigenvalue weighted by Crippen LogP contribution is 2.32. The summed E-state index contributed by atoms with van der Waals surface area (Å²) in [5.74, 6) is 2.71. The zero-order valence-electron chi connectivity index (χ0n) is 19.9. The fraction of sp³-hybridized carbons (Fsp3) is 0.348. The van der Waals surface area contributed by atoms with E-state index in [-0.39, 0.29) is 11.3 Å². The van der Waals surface area contributed by atoms with Crippen LogP contribution in [0.3, 0.4) is 0 Å². The van der Waals surface area contributed by atoms with Gasteiger partial charge in [-0.25, -0.2) is 9.97 Å². The first-order chi connectivity index (χ1) is 15.5. The van der Waals surface area contributed by atoms with Gasteiger partial charge in [0.05, 0.1) is 11.7 Å². The van der Waals surface area contributed by atoms with Gasteiger partial charge in [-0.15, -0.1) is 0 Å². The van der Waals surface area contributed by atoms with Crippen LogP contribution in [-0.4, -0.2) is 35.2 Å². The Balaban J connectivity index is 1.64. The first-order valence-electron chi connectivity index (χ1n) is 10.6. The number of anilines is 3. The standard InChI is InChI=1S/C23H28N8O2/c1-13-16(33-15-8-9-24-18(10-15)26-14(2)32)12-25-21-20(13)30(6)22(28-21)27-19-11-17(23(3,4)5)31(7)29-19/h8-12H,1-7H3,(H,24,26,32)(H,25,27,28,29). The number of nitrogens with zero attached hydrogens (tertiary/aromatic N) is 6. The molecule has 4 aromatic heterocycles. The summed E-state index contributed by atoms with van der Waals surface area (Å²) in [6.45, 7) is 9.85. The van der Waals surface area contributed by atoms with Gasteiger partial charge in [0.25, 0.3) is 0 Å². The van der Waals surface area contributed by atoms with Crippen LogP contribution in [0, 0.1) is 6.92 Å². The maximum Gasteiger partial charge on any atom is 0.222 e. The second-order valence-electron chi connectivity index (χ2n) is 8.99. The minimum absolute atomic E-state index is 0.0226. The Kier molecular flexibility index (Phi) is 5.52. The van der Waals surface area contributed by atoms with Crippen LogP contribution in [0.1, 0.15) is 39.0 Å². The van der Waals surface area contributed by atoms with Gasteiger partial charge in [0.2, 0.25) is 11.9 Å². The lowest BCUT2D eigenvalue weighted by molar-refractivity contribution is -0.114. The van der Waals surface area contributed by atoms with E-state index in [0.717, 1.165) is 22.6 Å². The van der Waals surface area contributed by atoms with Gasteiger partial charge in [-0.05, 0) is 13.0 Å². The molecule has 0 aliphatic heterocycles. The molecule has 4 heterocycles. The van der Waals surface area contributed by atoms with Gasteiger partial charge in [-0.1, -0.05) is 20.8 Å². The number of carbonyl (C=O) groups is 1. The predicted molar refractivity (Wildman–Crippen MR) is 127 cm³/mol. The van der Waals surface area contributed by atoms with Gasteiger partial charge in [-0.3, -0.25) is 9.48 Å². The summed E-state index contributed by atoms with van der Waals surface area (Å²) in [5, 5.41) is 10.5. The number of ether oxygens (including phenoxy) is 1. The van der Waals surface area contributed by atoms with Gasteiger partial charge < -0.3 is 19.9 Å². The summed E-state index contributed by atoms with van der Waals surface area (Å²) >= 11 is 0. The second-order valence-corrected chi connectivity index (χ2v) is 8.99. The summed E-state index contributed by atoms with van der Waals surface area (Å²) < 4.78 is 9.86. The summed E-state index contributed by atoms with van der Waals surface area (Å²) in [6, 6.07) is 5.42. The summed E-state index contributed by atoms with van der Waals surface area (Å²) in [7, 11) is 3.86. The Hall–Kier alpha value is -3.95. The monoisotopic (exact) mass is 448 g/mol. The van der Waals surface area contributed by atoms with Crippen LogP contribution in [0.4, 0.5) is 17.6 Å². The van der Waals surface area contributed by atoms with Crippen molar-refractivity contribution in [1.29, 1.82) is 0 Å². The molecule has 4 rings (SSSR count). The summed E-state index contributed by atoms with van der Waals surface area (Å²) in [5.41, 5.74) is 3.43. The summed E-state index contributed by atoms with van der Waals surface area (Å²) in [6.07, 6.45) is 3.22. The fourth-order valence-electron chi connectivity index (χ4n) is 3.74. The van der Waals surface area contributed by atoms with E-state index in [9.17, 15) is 4.79 Å². The van der Waals surface area contributed by atoms with E-state index in [0.29, 0.717) is 28.9 Å². The van der Waals surface area contributed by atoms with Crippen LogP contribution >= 0.6 is 0 Å². The molecule has 0 saturated carbocycles. The molecule has 0 spiro atoms. The lowest BCUT2D eigenvalue weighted by atomic mass is 9.92. The molecule has 0 fully saturated rings. The molecular weight excluding hydrogens is 420 g/mol. The highest BCUT2D eigenvalue weighted by molar-refractivity contribution is 5.87. The van der Waals surface area contributed by atoms with Crippen LogP contribution < -0.4 is 15.4 Å². The maximum atomic E-state index is 11.3. The van der Waals surface area contributed by atoms with E-state index in [1.165, 1.54) is 6.92 Å². The zero-order chi connectivity index (χ0) is 23.9. The van der Waals surface area contributed by atoms with Crippen LogP contribution in [0.2, 0.25) is 0 Å². The molecule has 0 aliphatic rings. The SMILES string of the molecule is CC(=O)Nc1cc(Oc2cnc3nc(Nc4cc(C(C)(C)C)n(C)n4)n(C)c3c2C)ccn1. The lowest BCUT2D eigenvalue weighted by Gasteiger charge is -2.17. The number of fused-ring (bicyclic) bond motifs is 1. The van der Waals surface area contributed by atoms with Crippen molar-refractivity contribution in [3.05, 3.63) is 41.9 Å². The fourth-order valence-corrected chi connectivity index (χ4v) is 3.74. The van der Waals surface area contributed by atoms with Crippen molar-refractivity contribution < 1.29 is 9.53 Å². The minimum Gasteiger partial charge on any atom is -0.455 e. The maximum absolute atomic E-state index is 11.3. The van der Waals surface area contributed by atoms with Crippen molar-refractivity contribution in [2.75, 3.05) is 10.6 Å². The van der Waals surface area contributed by atoms with Crippen LogP contribution in [-0.2, 0) is 24.3 Å². The number of aromatic nitrogens is 6. The Morgan fingerprint density at radius 2 is 1.88 bits per heavy atom. The third-order valence-corrected chi connectivity index (χ3v) is 5.26. The smallest absolute Gasteiger partial charge is 0.222 e. The Labute approximate surface area is 192 Å². The molecule has 10 nitrogen and oxygen atoms in total. The van der Waals surface area contributed by atoms with Crippen LogP contribution in [0.15, 0.2) is 30.6 Å². The molecule has 33 heavy (non-hydrogen) atoms. The number of hydrogen-bond donors (Lipinski definition) is 2. The van der Waals surface area contributed by atoms with E-state index >= 15 is 0 Å². The third-order valence-electron chi connectivity index (χ3n) is 5.26. The van der Waals surface area contributed by atoms with E-state index in [1.807, 2.05) is 36.3 Å². The first-order valence-corrected chi connectivity index (χ1v) is 10.6. The minimum atomic E-state index is -0.198. The van der Waals surface area contributed by atoms with Crippen molar-refractivity contribution in [1.82, 2.24) is 29.3 Å². The number of amides is 1. The van der Waals surface area contributed by atoms with E-state index < -0.39 is 0 Å². The van der Waals surface area contributed by atoms with Crippen LogP contribution in [0.5, 0.6) is 11.5 Å². The molecule has 0 radical (unpaired) electrons. The number of pyridine rings is 2. The average molecular weight is 449 g/mol. The highest BCUT2D eigenvalue weighted by Gasteiger charge is 2.21. The molecule has 0 bridgehead atoms. The molecule has 2 N–H and O–H groups in total. The second kappa shape index (κ2) is 8.19. The van der Waals surface area contributed by atoms with Gasteiger partial charge >= 0.3 is 0 Å². The molecule has 1 amide bonds. The van der Waals surface area contributed by atoms with Crippen molar-refractivity contribution >= 4 is 34.7 Å².